The second-order valence-corrected chi connectivity index (χ2v) is 10.1. The van der Waals surface area contributed by atoms with Crippen LogP contribution in [0.2, 0.25) is 0 Å². The molecule has 190 valence electrons. The molecule has 4 aromatic rings. The molecule has 0 unspecified atom stereocenters. The topological polar surface area (TPSA) is 61.8 Å². The van der Waals surface area contributed by atoms with Crippen molar-refractivity contribution in [1.29, 1.82) is 0 Å². The quantitative estimate of drug-likeness (QED) is 0.128. The molecule has 4 aromatic carbocycles. The number of anilines is 1. The number of carbonyl (C=O) groups is 2. The van der Waals surface area contributed by atoms with E-state index in [0.29, 0.717) is 23.1 Å². The van der Waals surface area contributed by atoms with E-state index in [1.165, 1.54) is 35.3 Å². The van der Waals surface area contributed by atoms with Crippen LogP contribution in [0.15, 0.2) is 84.0 Å². The van der Waals surface area contributed by atoms with Gasteiger partial charge < -0.3 is 0 Å². The summed E-state index contributed by atoms with van der Waals surface area (Å²) in [5, 5.41) is 6.37. The van der Waals surface area contributed by atoms with E-state index < -0.39 is 0 Å². The Bertz CT molecular complexity index is 1520. The molecule has 0 saturated heterocycles. The number of fused-ring (bicyclic) bond motifs is 3. The first-order chi connectivity index (χ1) is 18.7. The molecule has 1 aliphatic heterocycles. The number of hydrogen-bond donors (Lipinski definition) is 1. The van der Waals surface area contributed by atoms with Crippen molar-refractivity contribution in [2.75, 3.05) is 12.0 Å². The summed E-state index contributed by atoms with van der Waals surface area (Å²) >= 11 is 0. The fourth-order valence-corrected chi connectivity index (χ4v) is 5.73. The number of nitrogens with one attached hydrogen (secondary N) is 1. The molecule has 1 N–H and O–H groups in total. The highest BCUT2D eigenvalue weighted by molar-refractivity contribution is 6.27. The van der Waals surface area contributed by atoms with Crippen molar-refractivity contribution in [2.45, 2.75) is 45.4 Å². The van der Waals surface area contributed by atoms with Crippen molar-refractivity contribution in [3.63, 3.8) is 0 Å². The molecule has 0 spiro atoms. The lowest BCUT2D eigenvalue weighted by Crippen LogP contribution is -2.40. The van der Waals surface area contributed by atoms with Crippen LogP contribution in [-0.4, -0.2) is 29.0 Å². The number of amides is 2. The maximum absolute atomic E-state index is 13.4. The Morgan fingerprint density at radius 1 is 0.632 bits per heavy atom. The van der Waals surface area contributed by atoms with Crippen molar-refractivity contribution in [1.82, 2.24) is 4.90 Å². The summed E-state index contributed by atoms with van der Waals surface area (Å²) in [6.45, 7) is 2.66. The van der Waals surface area contributed by atoms with Gasteiger partial charge in [0.15, 0.2) is 0 Å². The van der Waals surface area contributed by atoms with Crippen molar-refractivity contribution < 1.29 is 9.59 Å². The molecule has 5 nitrogen and oxygen atoms in total. The van der Waals surface area contributed by atoms with Gasteiger partial charge in [0.25, 0.3) is 11.8 Å². The summed E-state index contributed by atoms with van der Waals surface area (Å²) in [7, 11) is 0. The average Bonchev–Trinajstić information content (AvgIpc) is 3.27. The number of carbonyl (C=O) groups excluding carboxylic acids is 2. The fourth-order valence-electron chi connectivity index (χ4n) is 5.73. The van der Waals surface area contributed by atoms with Gasteiger partial charge in [0.2, 0.25) is 0 Å². The highest BCUT2D eigenvalue weighted by Gasteiger charge is 2.33. The first kappa shape index (κ1) is 24.1. The molecule has 0 saturated carbocycles. The number of benzene rings is 4. The molecular weight excluding hydrogens is 470 g/mol. The number of hydrogen-bond acceptors (Lipinski definition) is 4. The van der Waals surface area contributed by atoms with Crippen LogP contribution >= 0.6 is 0 Å². The van der Waals surface area contributed by atoms with E-state index in [0.717, 1.165) is 47.2 Å². The first-order valence-corrected chi connectivity index (χ1v) is 13.6. The van der Waals surface area contributed by atoms with E-state index in [4.69, 9.17) is 5.10 Å². The van der Waals surface area contributed by atoms with Gasteiger partial charge in [-0.1, -0.05) is 99.7 Å². The maximum atomic E-state index is 13.4. The zero-order valence-electron chi connectivity index (χ0n) is 21.7. The molecular formula is C33H31N3O2. The van der Waals surface area contributed by atoms with E-state index in [9.17, 15) is 9.59 Å². The predicted molar refractivity (Wildman–Crippen MR) is 154 cm³/mol. The van der Waals surface area contributed by atoms with Crippen molar-refractivity contribution in [2.24, 2.45) is 5.10 Å². The van der Waals surface area contributed by atoms with Crippen molar-refractivity contribution >= 4 is 34.0 Å². The Morgan fingerprint density at radius 3 is 1.89 bits per heavy atom. The third-order valence-corrected chi connectivity index (χ3v) is 7.67. The highest BCUT2D eigenvalue weighted by atomic mass is 16.2. The van der Waals surface area contributed by atoms with Gasteiger partial charge in [-0.25, -0.2) is 0 Å². The molecule has 2 amide bonds. The van der Waals surface area contributed by atoms with Crippen LogP contribution in [0.4, 0.5) is 5.69 Å². The maximum Gasteiger partial charge on any atom is 0.261 e. The van der Waals surface area contributed by atoms with E-state index in [1.807, 2.05) is 54.6 Å². The molecule has 1 aliphatic carbocycles. The van der Waals surface area contributed by atoms with E-state index in [2.05, 4.69) is 36.6 Å². The van der Waals surface area contributed by atoms with Crippen LogP contribution in [0.5, 0.6) is 0 Å². The van der Waals surface area contributed by atoms with Crippen molar-refractivity contribution in [3.05, 3.63) is 101 Å². The summed E-state index contributed by atoms with van der Waals surface area (Å²) < 4.78 is 0. The Kier molecular flexibility index (Phi) is 6.50. The second kappa shape index (κ2) is 10.3. The van der Waals surface area contributed by atoms with Crippen LogP contribution < -0.4 is 5.43 Å². The Labute approximate surface area is 223 Å². The van der Waals surface area contributed by atoms with Crippen LogP contribution in [0.1, 0.15) is 77.3 Å². The van der Waals surface area contributed by atoms with Gasteiger partial charge in [0.1, 0.15) is 0 Å². The Morgan fingerprint density at radius 2 is 1.21 bits per heavy atom. The number of imide groups is 1. The smallest absolute Gasteiger partial charge is 0.261 e. The van der Waals surface area contributed by atoms with E-state index >= 15 is 0 Å². The fraction of sp³-hybridized carbons (Fsp3) is 0.242. The molecule has 0 aromatic heterocycles. The molecule has 0 atom stereocenters. The van der Waals surface area contributed by atoms with Gasteiger partial charge in [0.05, 0.1) is 11.4 Å². The molecule has 38 heavy (non-hydrogen) atoms. The zero-order chi connectivity index (χ0) is 26.1. The summed E-state index contributed by atoms with van der Waals surface area (Å²) in [6.07, 6.45) is 6.66. The average molecular weight is 502 g/mol. The number of unbranched alkanes of at least 4 members (excludes halogenated alkanes) is 5. The van der Waals surface area contributed by atoms with Crippen LogP contribution in [0.25, 0.3) is 21.9 Å². The first-order valence-electron chi connectivity index (χ1n) is 13.6. The van der Waals surface area contributed by atoms with Gasteiger partial charge in [-0.2, -0.15) is 5.10 Å². The molecule has 5 heteroatoms. The monoisotopic (exact) mass is 501 g/mol. The van der Waals surface area contributed by atoms with Gasteiger partial charge in [-0.05, 0) is 35.7 Å². The van der Waals surface area contributed by atoms with Crippen LogP contribution in [0.3, 0.4) is 0 Å². The summed E-state index contributed by atoms with van der Waals surface area (Å²) in [5.41, 5.74) is 10.6. The summed E-state index contributed by atoms with van der Waals surface area (Å²) in [5.74, 6) is -0.410. The van der Waals surface area contributed by atoms with Crippen molar-refractivity contribution in [3.8, 4) is 11.1 Å². The number of nitrogens with zero attached hydrogens (tertiary/aromatic N) is 2. The standard InChI is InChI=1S/C33H31N3O2/c1-2-3-4-5-6-11-21-36-32(37)27-18-12-17-26-29(20-19-28(30(26)27)33(36)38)34-35-31-24-15-9-7-13-22(24)23-14-8-10-16-25(23)31/h7-10,12-20,34H,2-6,11,21H2,1H3. The highest BCUT2D eigenvalue weighted by Crippen LogP contribution is 2.38. The predicted octanol–water partition coefficient (Wildman–Crippen LogP) is 7.64. The molecule has 0 bridgehead atoms. The second-order valence-electron chi connectivity index (χ2n) is 10.1. The number of hydrazone groups is 1. The molecule has 0 fully saturated rings. The largest absolute Gasteiger partial charge is 0.277 e. The minimum absolute atomic E-state index is 0.205. The molecule has 2 aliphatic rings. The lowest BCUT2D eigenvalue weighted by Gasteiger charge is -2.27. The lowest BCUT2D eigenvalue weighted by molar-refractivity contribution is 0.0607. The molecule has 1 heterocycles. The van der Waals surface area contributed by atoms with E-state index in [1.54, 1.807) is 0 Å². The molecule has 0 radical (unpaired) electrons. The molecule has 6 rings (SSSR count). The minimum Gasteiger partial charge on any atom is -0.277 e. The third-order valence-electron chi connectivity index (χ3n) is 7.67. The van der Waals surface area contributed by atoms with Gasteiger partial charge in [-0.3, -0.25) is 19.9 Å². The van der Waals surface area contributed by atoms with Gasteiger partial charge >= 0.3 is 0 Å². The third kappa shape index (κ3) is 4.08. The SMILES string of the molecule is CCCCCCCCN1C(=O)c2cccc3c(NN=C4c5ccccc5-c5ccccc54)ccc(c23)C1=O. The zero-order valence-corrected chi connectivity index (χ0v) is 21.7. The summed E-state index contributed by atoms with van der Waals surface area (Å²) in [6, 6.07) is 25.9. The normalized spacial score (nSPS) is 13.6. The Balaban J connectivity index is 1.30. The minimum atomic E-state index is -0.205. The van der Waals surface area contributed by atoms with E-state index in [-0.39, 0.29) is 11.8 Å². The number of rotatable bonds is 9. The van der Waals surface area contributed by atoms with Gasteiger partial charge in [0, 0.05) is 39.6 Å². The lowest BCUT2D eigenvalue weighted by atomic mass is 9.93. The van der Waals surface area contributed by atoms with Gasteiger partial charge in [-0.15, -0.1) is 0 Å². The summed E-state index contributed by atoms with van der Waals surface area (Å²) in [4.78, 5) is 28.2. The van der Waals surface area contributed by atoms with Crippen LogP contribution in [-0.2, 0) is 0 Å². The van der Waals surface area contributed by atoms with Crippen LogP contribution in [0, 0.1) is 0 Å². The Hall–Kier alpha value is -4.25.